The van der Waals surface area contributed by atoms with Crippen LogP contribution in [0.25, 0.3) is 10.9 Å². The van der Waals surface area contributed by atoms with Gasteiger partial charge < -0.3 is 5.73 Å². The van der Waals surface area contributed by atoms with Crippen molar-refractivity contribution in [2.24, 2.45) is 0 Å². The van der Waals surface area contributed by atoms with Gasteiger partial charge in [0.2, 0.25) is 0 Å². The Kier molecular flexibility index (Phi) is 2.48. The van der Waals surface area contributed by atoms with Crippen LogP contribution in [-0.2, 0) is 6.54 Å². The van der Waals surface area contributed by atoms with Crippen LogP contribution in [0.5, 0.6) is 0 Å². The van der Waals surface area contributed by atoms with Gasteiger partial charge >= 0.3 is 0 Å². The molecule has 0 saturated heterocycles. The van der Waals surface area contributed by atoms with Gasteiger partial charge in [-0.2, -0.15) is 5.10 Å². The molecule has 0 radical (unpaired) electrons. The van der Waals surface area contributed by atoms with Crippen molar-refractivity contribution in [2.75, 3.05) is 5.73 Å². The van der Waals surface area contributed by atoms with Gasteiger partial charge in [0.25, 0.3) is 0 Å². The number of benzene rings is 1. The molecule has 0 bridgehead atoms. The molecule has 0 aliphatic carbocycles. The van der Waals surface area contributed by atoms with Crippen molar-refractivity contribution in [1.82, 2.24) is 14.8 Å². The summed E-state index contributed by atoms with van der Waals surface area (Å²) in [5, 5.41) is 5.42. The average Bonchev–Trinajstić information content (AvgIpc) is 2.69. The molecule has 2 heterocycles. The Hall–Kier alpha value is -2.36. The fourth-order valence-corrected chi connectivity index (χ4v) is 2.09. The number of hydrogen-bond acceptors (Lipinski definition) is 3. The number of para-hydroxylation sites is 1. The molecule has 4 nitrogen and oxygen atoms in total. The molecule has 0 unspecified atom stereocenters. The number of rotatable bonds is 2. The summed E-state index contributed by atoms with van der Waals surface area (Å²) in [6.45, 7) is 2.65. The largest absolute Gasteiger partial charge is 0.382 e. The Morgan fingerprint density at radius 3 is 2.83 bits per heavy atom. The van der Waals surface area contributed by atoms with Gasteiger partial charge in [0.15, 0.2) is 0 Å². The van der Waals surface area contributed by atoms with Crippen molar-refractivity contribution in [1.29, 1.82) is 0 Å². The topological polar surface area (TPSA) is 56.7 Å². The molecule has 0 aliphatic heterocycles. The van der Waals surface area contributed by atoms with E-state index in [2.05, 4.69) is 28.3 Å². The van der Waals surface area contributed by atoms with E-state index in [-0.39, 0.29) is 0 Å². The number of aromatic nitrogens is 3. The Labute approximate surface area is 105 Å². The minimum absolute atomic E-state index is 0.586. The second-order valence-corrected chi connectivity index (χ2v) is 4.39. The zero-order valence-corrected chi connectivity index (χ0v) is 10.2. The Morgan fingerprint density at radius 2 is 2.06 bits per heavy atom. The number of nitrogens with zero attached hydrogens (tertiary/aromatic N) is 3. The Morgan fingerprint density at radius 1 is 1.22 bits per heavy atom. The second kappa shape index (κ2) is 4.14. The van der Waals surface area contributed by atoms with Gasteiger partial charge in [-0.05, 0) is 18.6 Å². The highest BCUT2D eigenvalue weighted by Gasteiger charge is 2.05. The molecule has 1 aromatic carbocycles. The number of hydrogen-bond donors (Lipinski definition) is 1. The maximum Gasteiger partial charge on any atom is 0.148 e. The highest BCUT2D eigenvalue weighted by molar-refractivity contribution is 5.81. The molecular weight excluding hydrogens is 224 g/mol. The summed E-state index contributed by atoms with van der Waals surface area (Å²) in [6.07, 6.45) is 3.77. The molecule has 3 rings (SSSR count). The predicted molar refractivity (Wildman–Crippen MR) is 72.2 cm³/mol. The van der Waals surface area contributed by atoms with Crippen LogP contribution in [0.4, 0.5) is 5.82 Å². The van der Waals surface area contributed by atoms with Crippen molar-refractivity contribution >= 4 is 16.7 Å². The lowest BCUT2D eigenvalue weighted by Crippen LogP contribution is -2.02. The Balaban J connectivity index is 2.04. The molecular formula is C14H14N4. The summed E-state index contributed by atoms with van der Waals surface area (Å²) in [5.41, 5.74) is 8.93. The van der Waals surface area contributed by atoms with E-state index in [9.17, 15) is 0 Å². The monoisotopic (exact) mass is 238 g/mol. The fourth-order valence-electron chi connectivity index (χ4n) is 2.09. The molecule has 0 spiro atoms. The van der Waals surface area contributed by atoms with E-state index in [0.29, 0.717) is 12.4 Å². The zero-order chi connectivity index (χ0) is 12.5. The lowest BCUT2D eigenvalue weighted by Gasteiger charge is -2.05. The van der Waals surface area contributed by atoms with Crippen LogP contribution in [0.2, 0.25) is 0 Å². The van der Waals surface area contributed by atoms with Gasteiger partial charge in [-0.25, -0.2) is 0 Å². The third-order valence-corrected chi connectivity index (χ3v) is 3.03. The third-order valence-electron chi connectivity index (χ3n) is 3.03. The average molecular weight is 238 g/mol. The molecule has 18 heavy (non-hydrogen) atoms. The zero-order valence-electron chi connectivity index (χ0n) is 10.2. The first-order valence-corrected chi connectivity index (χ1v) is 5.86. The number of anilines is 1. The highest BCUT2D eigenvalue weighted by atomic mass is 15.3. The third kappa shape index (κ3) is 1.82. The van der Waals surface area contributed by atoms with E-state index >= 15 is 0 Å². The predicted octanol–water partition coefficient (Wildman–Crippen LogP) is 2.37. The van der Waals surface area contributed by atoms with E-state index in [4.69, 9.17) is 5.73 Å². The van der Waals surface area contributed by atoms with Gasteiger partial charge in [-0.1, -0.05) is 24.3 Å². The van der Waals surface area contributed by atoms with E-state index in [1.54, 1.807) is 0 Å². The first kappa shape index (κ1) is 10.8. The molecule has 4 heteroatoms. The smallest absolute Gasteiger partial charge is 0.148 e. The molecule has 0 amide bonds. The molecule has 3 aromatic rings. The number of aryl methyl sites for hydroxylation is 1. The van der Waals surface area contributed by atoms with Crippen LogP contribution in [-0.4, -0.2) is 14.8 Å². The van der Waals surface area contributed by atoms with Crippen LogP contribution in [0.3, 0.4) is 0 Å². The van der Waals surface area contributed by atoms with Crippen LogP contribution in [0.15, 0.2) is 42.7 Å². The summed E-state index contributed by atoms with van der Waals surface area (Å²) >= 11 is 0. The number of nitrogens with two attached hydrogens (primary N) is 1. The lowest BCUT2D eigenvalue weighted by atomic mass is 10.1. The molecule has 90 valence electrons. The lowest BCUT2D eigenvalue weighted by molar-refractivity contribution is 0.692. The maximum absolute atomic E-state index is 5.76. The van der Waals surface area contributed by atoms with Crippen LogP contribution in [0, 0.1) is 6.92 Å². The van der Waals surface area contributed by atoms with Gasteiger partial charge in [0, 0.05) is 23.3 Å². The van der Waals surface area contributed by atoms with Gasteiger partial charge in [0.05, 0.1) is 12.1 Å². The normalized spacial score (nSPS) is 10.9. The number of pyridine rings is 1. The van der Waals surface area contributed by atoms with Crippen molar-refractivity contribution in [3.05, 3.63) is 53.9 Å². The number of fused-ring (bicyclic) bond motifs is 1. The van der Waals surface area contributed by atoms with E-state index in [0.717, 1.165) is 22.0 Å². The first-order chi connectivity index (χ1) is 8.74. The molecule has 2 N–H and O–H groups in total. The fraction of sp³-hybridized carbons (Fsp3) is 0.143. The van der Waals surface area contributed by atoms with E-state index < -0.39 is 0 Å². The maximum atomic E-state index is 5.76. The summed E-state index contributed by atoms with van der Waals surface area (Å²) in [4.78, 5) is 4.43. The summed E-state index contributed by atoms with van der Waals surface area (Å²) in [5.74, 6) is 0.586. The molecule has 0 saturated carbocycles. The van der Waals surface area contributed by atoms with E-state index in [1.165, 1.54) is 0 Å². The minimum Gasteiger partial charge on any atom is -0.382 e. The molecule has 2 aromatic heterocycles. The second-order valence-electron chi connectivity index (χ2n) is 4.39. The van der Waals surface area contributed by atoms with Gasteiger partial charge in [0.1, 0.15) is 5.82 Å². The summed E-state index contributed by atoms with van der Waals surface area (Å²) < 4.78 is 1.86. The molecule has 0 aliphatic rings. The number of nitrogen functional groups attached to an aromatic ring is 1. The first-order valence-electron chi connectivity index (χ1n) is 5.86. The quantitative estimate of drug-likeness (QED) is 0.745. The highest BCUT2D eigenvalue weighted by Crippen LogP contribution is 2.17. The SMILES string of the molecule is Cc1cn(Cc2cccc3cccnc23)nc1N. The summed E-state index contributed by atoms with van der Waals surface area (Å²) in [6, 6.07) is 10.2. The van der Waals surface area contributed by atoms with E-state index in [1.807, 2.05) is 36.1 Å². The minimum atomic E-state index is 0.586. The van der Waals surface area contributed by atoms with Crippen molar-refractivity contribution in [3.8, 4) is 0 Å². The molecule has 0 fully saturated rings. The van der Waals surface area contributed by atoms with Crippen LogP contribution < -0.4 is 5.73 Å². The van der Waals surface area contributed by atoms with Crippen molar-refractivity contribution in [3.63, 3.8) is 0 Å². The van der Waals surface area contributed by atoms with Crippen molar-refractivity contribution in [2.45, 2.75) is 13.5 Å². The molecule has 0 atom stereocenters. The van der Waals surface area contributed by atoms with Crippen LogP contribution >= 0.6 is 0 Å². The van der Waals surface area contributed by atoms with Crippen molar-refractivity contribution < 1.29 is 0 Å². The standard InChI is InChI=1S/C14H14N4/c1-10-8-18(17-14(10)15)9-12-5-2-4-11-6-3-7-16-13(11)12/h2-8H,9H2,1H3,(H2,15,17). The Bertz CT molecular complexity index is 675. The summed E-state index contributed by atoms with van der Waals surface area (Å²) in [7, 11) is 0. The van der Waals surface area contributed by atoms with Gasteiger partial charge in [-0.3, -0.25) is 9.67 Å². The van der Waals surface area contributed by atoms with Crippen LogP contribution in [0.1, 0.15) is 11.1 Å². The van der Waals surface area contributed by atoms with Gasteiger partial charge in [-0.15, -0.1) is 0 Å².